The molecule has 1 aliphatic heterocycles. The maximum Gasteiger partial charge on any atom is 0.238 e. The van der Waals surface area contributed by atoms with Gasteiger partial charge in [0.15, 0.2) is 0 Å². The van der Waals surface area contributed by atoms with E-state index in [1.54, 1.807) is 6.92 Å². The molecule has 0 spiro atoms. The summed E-state index contributed by atoms with van der Waals surface area (Å²) in [4.78, 5) is 26.9. The molecule has 1 saturated heterocycles. The van der Waals surface area contributed by atoms with Crippen molar-refractivity contribution in [3.63, 3.8) is 0 Å². The molecule has 1 aliphatic rings. The summed E-state index contributed by atoms with van der Waals surface area (Å²) < 4.78 is 0. The lowest BCUT2D eigenvalue weighted by atomic mass is 10.2. The van der Waals surface area contributed by atoms with Crippen LogP contribution in [0, 0.1) is 11.3 Å². The zero-order valence-electron chi connectivity index (χ0n) is 12.7. The third-order valence-electron chi connectivity index (χ3n) is 3.70. The van der Waals surface area contributed by atoms with Gasteiger partial charge >= 0.3 is 0 Å². The number of amides is 2. The number of benzene rings is 1. The first kappa shape index (κ1) is 15.8. The van der Waals surface area contributed by atoms with E-state index in [2.05, 4.69) is 10.2 Å². The van der Waals surface area contributed by atoms with E-state index in [4.69, 9.17) is 5.26 Å². The number of hydrogen-bond acceptors (Lipinski definition) is 4. The van der Waals surface area contributed by atoms with E-state index < -0.39 is 0 Å². The molecule has 0 aliphatic carbocycles. The lowest BCUT2D eigenvalue weighted by molar-refractivity contribution is -0.128. The minimum atomic E-state index is -0.304. The lowest BCUT2D eigenvalue weighted by Crippen LogP contribution is -2.33. The van der Waals surface area contributed by atoms with Crippen molar-refractivity contribution in [2.24, 2.45) is 0 Å². The van der Waals surface area contributed by atoms with Gasteiger partial charge in [-0.05, 0) is 30.7 Å². The van der Waals surface area contributed by atoms with Gasteiger partial charge < -0.3 is 15.1 Å². The third kappa shape index (κ3) is 4.22. The van der Waals surface area contributed by atoms with Crippen molar-refractivity contribution < 1.29 is 9.59 Å². The highest BCUT2D eigenvalue weighted by molar-refractivity contribution is 5.92. The highest BCUT2D eigenvalue weighted by atomic mass is 16.2. The Balaban J connectivity index is 1.97. The smallest absolute Gasteiger partial charge is 0.238 e. The lowest BCUT2D eigenvalue weighted by Gasteiger charge is -2.23. The maximum atomic E-state index is 11.4. The zero-order valence-corrected chi connectivity index (χ0v) is 12.7. The molecule has 1 N–H and O–H groups in total. The van der Waals surface area contributed by atoms with Crippen LogP contribution in [-0.4, -0.2) is 42.9 Å². The number of nitrogens with zero attached hydrogens (tertiary/aromatic N) is 3. The van der Waals surface area contributed by atoms with Gasteiger partial charge in [0.2, 0.25) is 11.8 Å². The summed E-state index contributed by atoms with van der Waals surface area (Å²) in [5.41, 5.74) is 1.76. The van der Waals surface area contributed by atoms with Gasteiger partial charge in [-0.3, -0.25) is 9.59 Å². The predicted molar refractivity (Wildman–Crippen MR) is 84.4 cm³/mol. The fourth-order valence-corrected chi connectivity index (χ4v) is 2.52. The van der Waals surface area contributed by atoms with Crippen LogP contribution >= 0.6 is 0 Å². The summed E-state index contributed by atoms with van der Waals surface area (Å²) in [5, 5.41) is 11.1. The van der Waals surface area contributed by atoms with Crippen LogP contribution in [0.25, 0.3) is 0 Å². The number of rotatable bonds is 3. The Morgan fingerprint density at radius 1 is 1.18 bits per heavy atom. The zero-order chi connectivity index (χ0) is 15.9. The van der Waals surface area contributed by atoms with Crippen molar-refractivity contribution in [2.75, 3.05) is 36.4 Å². The van der Waals surface area contributed by atoms with Gasteiger partial charge in [0, 0.05) is 44.5 Å². The van der Waals surface area contributed by atoms with Crippen molar-refractivity contribution in [1.29, 1.82) is 5.26 Å². The Morgan fingerprint density at radius 2 is 1.91 bits per heavy atom. The quantitative estimate of drug-likeness (QED) is 0.920. The topological polar surface area (TPSA) is 76.4 Å². The number of anilines is 2. The molecule has 0 aromatic heterocycles. The van der Waals surface area contributed by atoms with Gasteiger partial charge in [0.1, 0.15) is 6.42 Å². The molecular weight excluding hydrogens is 280 g/mol. The SMILES string of the molecule is CC(=O)N1CCCN(c2ccc(NC(=O)CC#N)cc2)CC1. The van der Waals surface area contributed by atoms with Crippen LogP contribution in [0.5, 0.6) is 0 Å². The van der Waals surface area contributed by atoms with E-state index in [1.165, 1.54) is 0 Å². The number of hydrogen-bond donors (Lipinski definition) is 1. The van der Waals surface area contributed by atoms with Gasteiger partial charge in [-0.2, -0.15) is 5.26 Å². The van der Waals surface area contributed by atoms with E-state index >= 15 is 0 Å². The van der Waals surface area contributed by atoms with E-state index in [9.17, 15) is 9.59 Å². The van der Waals surface area contributed by atoms with Gasteiger partial charge in [0.05, 0.1) is 6.07 Å². The molecular formula is C16H20N4O2. The predicted octanol–water partition coefficient (Wildman–Crippen LogP) is 1.60. The summed E-state index contributed by atoms with van der Waals surface area (Å²) >= 11 is 0. The Kier molecular flexibility index (Phi) is 5.37. The first-order chi connectivity index (χ1) is 10.6. The average Bonchev–Trinajstić information content (AvgIpc) is 2.74. The molecule has 1 aromatic carbocycles. The number of carbonyl (C=O) groups excluding carboxylic acids is 2. The van der Waals surface area contributed by atoms with Crippen molar-refractivity contribution in [2.45, 2.75) is 19.8 Å². The molecule has 0 radical (unpaired) electrons. The summed E-state index contributed by atoms with van der Waals surface area (Å²) in [6, 6.07) is 9.38. The summed E-state index contributed by atoms with van der Waals surface area (Å²) in [5.74, 6) is -0.181. The highest BCUT2D eigenvalue weighted by Crippen LogP contribution is 2.19. The van der Waals surface area contributed by atoms with Crippen LogP contribution in [-0.2, 0) is 9.59 Å². The second kappa shape index (κ2) is 7.46. The molecule has 116 valence electrons. The molecule has 1 fully saturated rings. The van der Waals surface area contributed by atoms with Crippen molar-refractivity contribution >= 4 is 23.2 Å². The first-order valence-electron chi connectivity index (χ1n) is 7.37. The molecule has 6 heteroatoms. The molecule has 0 saturated carbocycles. The fraction of sp³-hybridized carbons (Fsp3) is 0.438. The average molecular weight is 300 g/mol. The number of carbonyl (C=O) groups is 2. The number of nitriles is 1. The minimum absolute atomic E-state index is 0.123. The van der Waals surface area contributed by atoms with Crippen LogP contribution < -0.4 is 10.2 Å². The van der Waals surface area contributed by atoms with Gasteiger partial charge in [-0.15, -0.1) is 0 Å². The molecule has 1 aromatic rings. The molecule has 6 nitrogen and oxygen atoms in total. The molecule has 0 bridgehead atoms. The Morgan fingerprint density at radius 3 is 2.55 bits per heavy atom. The third-order valence-corrected chi connectivity index (χ3v) is 3.70. The normalized spacial score (nSPS) is 14.9. The van der Waals surface area contributed by atoms with Crippen molar-refractivity contribution in [1.82, 2.24) is 4.90 Å². The molecule has 1 heterocycles. The summed E-state index contributed by atoms with van der Waals surface area (Å²) in [7, 11) is 0. The molecule has 22 heavy (non-hydrogen) atoms. The first-order valence-corrected chi connectivity index (χ1v) is 7.37. The van der Waals surface area contributed by atoms with Gasteiger partial charge in [-0.1, -0.05) is 0 Å². The Bertz CT molecular complexity index is 577. The van der Waals surface area contributed by atoms with Crippen LogP contribution in [0.15, 0.2) is 24.3 Å². The van der Waals surface area contributed by atoms with Crippen molar-refractivity contribution in [3.8, 4) is 6.07 Å². The minimum Gasteiger partial charge on any atom is -0.370 e. The summed E-state index contributed by atoms with van der Waals surface area (Å²) in [6.45, 7) is 4.85. The molecule has 2 amide bonds. The monoisotopic (exact) mass is 300 g/mol. The molecule has 0 atom stereocenters. The van der Waals surface area contributed by atoms with Gasteiger partial charge in [-0.25, -0.2) is 0 Å². The second-order valence-electron chi connectivity index (χ2n) is 5.28. The van der Waals surface area contributed by atoms with Gasteiger partial charge in [0.25, 0.3) is 0 Å². The van der Waals surface area contributed by atoms with Crippen molar-refractivity contribution in [3.05, 3.63) is 24.3 Å². The standard InChI is InChI=1S/C16H20N4O2/c1-13(21)19-9-2-10-20(12-11-19)15-5-3-14(4-6-15)18-16(22)7-8-17/h3-6H,2,7,9-12H2,1H3,(H,18,22). The van der Waals surface area contributed by atoms with Crippen LogP contribution in [0.3, 0.4) is 0 Å². The Hall–Kier alpha value is -2.55. The largest absolute Gasteiger partial charge is 0.370 e. The van der Waals surface area contributed by atoms with E-state index in [0.29, 0.717) is 5.69 Å². The Labute approximate surface area is 130 Å². The van der Waals surface area contributed by atoms with Crippen LogP contribution in [0.1, 0.15) is 19.8 Å². The molecule has 0 unspecified atom stereocenters. The highest BCUT2D eigenvalue weighted by Gasteiger charge is 2.16. The van der Waals surface area contributed by atoms with E-state index in [1.807, 2.05) is 35.2 Å². The van der Waals surface area contributed by atoms with Crippen LogP contribution in [0.2, 0.25) is 0 Å². The number of nitrogens with one attached hydrogen (secondary N) is 1. The van der Waals surface area contributed by atoms with E-state index in [-0.39, 0.29) is 18.2 Å². The second-order valence-corrected chi connectivity index (χ2v) is 5.28. The summed E-state index contributed by atoms with van der Waals surface area (Å²) in [6.07, 6.45) is 0.801. The van der Waals surface area contributed by atoms with E-state index in [0.717, 1.165) is 38.3 Å². The van der Waals surface area contributed by atoms with Crippen LogP contribution in [0.4, 0.5) is 11.4 Å². The molecule has 2 rings (SSSR count). The maximum absolute atomic E-state index is 11.4. The fourth-order valence-electron chi connectivity index (χ4n) is 2.52.